The van der Waals surface area contributed by atoms with Gasteiger partial charge >= 0.3 is 0 Å². The number of nitrogens with zero attached hydrogens (tertiary/aromatic N) is 1. The molecule has 1 atom stereocenters. The van der Waals surface area contributed by atoms with Gasteiger partial charge in [-0.3, -0.25) is 4.99 Å². The molecule has 46 heavy (non-hydrogen) atoms. The van der Waals surface area contributed by atoms with Crippen molar-refractivity contribution in [3.05, 3.63) is 163 Å². The van der Waals surface area contributed by atoms with Crippen LogP contribution >= 0.6 is 7.92 Å². The Bertz CT molecular complexity index is 2130. The van der Waals surface area contributed by atoms with Crippen molar-refractivity contribution in [3.8, 4) is 22.6 Å². The molecule has 3 nitrogen and oxygen atoms in total. The van der Waals surface area contributed by atoms with Gasteiger partial charge in [-0.25, -0.2) is 0 Å². The predicted octanol–water partition coefficient (Wildman–Crippen LogP) is 9.01. The summed E-state index contributed by atoms with van der Waals surface area (Å²) in [7, 11) is -0.801. The van der Waals surface area contributed by atoms with Crippen molar-refractivity contribution in [2.75, 3.05) is 0 Å². The molecular formula is C41H32NO2PTi. The fourth-order valence-electron chi connectivity index (χ4n) is 6.13. The van der Waals surface area contributed by atoms with Crippen molar-refractivity contribution >= 4 is 51.6 Å². The van der Waals surface area contributed by atoms with E-state index in [4.69, 9.17) is 4.99 Å². The zero-order valence-corrected chi connectivity index (χ0v) is 27.8. The predicted molar refractivity (Wildman–Crippen MR) is 191 cm³/mol. The summed E-state index contributed by atoms with van der Waals surface area (Å²) in [6.45, 7) is 2.11. The minimum Gasteiger partial charge on any atom is -0.507 e. The summed E-state index contributed by atoms with van der Waals surface area (Å²) in [6, 6.07) is 51.2. The number of hydrogen-bond donors (Lipinski definition) is 2. The number of phenols is 2. The van der Waals surface area contributed by atoms with Crippen molar-refractivity contribution < 1.29 is 31.9 Å². The van der Waals surface area contributed by atoms with Gasteiger partial charge in [-0.15, -0.1) is 0 Å². The second kappa shape index (κ2) is 13.9. The van der Waals surface area contributed by atoms with E-state index in [1.807, 2.05) is 60.7 Å². The Labute approximate surface area is 285 Å². The third kappa shape index (κ3) is 6.03. The van der Waals surface area contributed by atoms with Gasteiger partial charge in [0.05, 0.1) is 6.04 Å². The Balaban J connectivity index is 0.00000372. The molecule has 0 heterocycles. The summed E-state index contributed by atoms with van der Waals surface area (Å²) in [6.07, 6.45) is 1.78. The smallest absolute Gasteiger partial charge is 0.132 e. The molecule has 5 heteroatoms. The van der Waals surface area contributed by atoms with E-state index in [1.165, 1.54) is 15.9 Å². The van der Waals surface area contributed by atoms with Crippen LogP contribution < -0.4 is 15.9 Å². The molecule has 7 aromatic carbocycles. The summed E-state index contributed by atoms with van der Waals surface area (Å²) >= 11 is 0. The van der Waals surface area contributed by atoms with Gasteiger partial charge in [0.25, 0.3) is 0 Å². The van der Waals surface area contributed by atoms with Crippen molar-refractivity contribution in [2.24, 2.45) is 4.99 Å². The SMILES string of the molecule is C[C@H](N=Cc1cc2ccccc2c(-c2c(O)ccc3ccccc23)c1O)c1ccccc1P(c1ccccc1)c1ccccc1.[Ti]. The number of hydrogen-bond acceptors (Lipinski definition) is 3. The minimum absolute atomic E-state index is 0. The van der Waals surface area contributed by atoms with Crippen LogP contribution in [0.4, 0.5) is 0 Å². The molecule has 222 valence electrons. The molecule has 0 aliphatic heterocycles. The molecule has 0 unspecified atom stereocenters. The van der Waals surface area contributed by atoms with Gasteiger partial charge in [0.15, 0.2) is 0 Å². The first kappa shape index (κ1) is 31.5. The van der Waals surface area contributed by atoms with E-state index in [0.29, 0.717) is 16.7 Å². The van der Waals surface area contributed by atoms with Crippen molar-refractivity contribution in [3.63, 3.8) is 0 Å². The quantitative estimate of drug-likeness (QED) is 0.103. The Kier molecular flexibility index (Phi) is 9.47. The number of aliphatic imine (C=N–C) groups is 1. The number of phenolic OH excluding ortho intramolecular Hbond substituents is 2. The monoisotopic (exact) mass is 649 g/mol. The molecule has 0 radical (unpaired) electrons. The zero-order chi connectivity index (χ0) is 30.8. The van der Waals surface area contributed by atoms with Crippen LogP contribution in [0.25, 0.3) is 32.7 Å². The Morgan fingerprint density at radius 1 is 0.587 bits per heavy atom. The topological polar surface area (TPSA) is 52.8 Å². The molecule has 0 aliphatic rings. The van der Waals surface area contributed by atoms with Gasteiger partial charge in [-0.1, -0.05) is 140 Å². The number of fused-ring (bicyclic) bond motifs is 2. The molecule has 0 bridgehead atoms. The Hall–Kier alpha value is -4.53. The van der Waals surface area contributed by atoms with Crippen LogP contribution in [-0.4, -0.2) is 16.4 Å². The van der Waals surface area contributed by atoms with Gasteiger partial charge in [0.1, 0.15) is 11.5 Å². The molecule has 2 N–H and O–H groups in total. The average molecular weight is 650 g/mol. The van der Waals surface area contributed by atoms with Gasteiger partial charge in [-0.05, 0) is 70.0 Å². The average Bonchev–Trinajstić information content (AvgIpc) is 3.09. The number of benzene rings is 7. The number of rotatable bonds is 7. The minimum atomic E-state index is -0.801. The third-order valence-corrected chi connectivity index (χ3v) is 10.8. The van der Waals surface area contributed by atoms with E-state index in [9.17, 15) is 10.2 Å². The van der Waals surface area contributed by atoms with Crippen molar-refractivity contribution in [1.29, 1.82) is 0 Å². The molecule has 0 aromatic heterocycles. The van der Waals surface area contributed by atoms with Gasteiger partial charge in [-0.2, -0.15) is 0 Å². The maximum absolute atomic E-state index is 11.8. The van der Waals surface area contributed by atoms with E-state index in [0.717, 1.165) is 27.1 Å². The fraction of sp³-hybridized carbons (Fsp3) is 0.0488. The summed E-state index contributed by atoms with van der Waals surface area (Å²) < 4.78 is 0. The second-order valence-electron chi connectivity index (χ2n) is 11.1. The van der Waals surface area contributed by atoms with E-state index in [2.05, 4.69) is 91.9 Å². The van der Waals surface area contributed by atoms with E-state index in [1.54, 1.807) is 12.3 Å². The second-order valence-corrected chi connectivity index (χ2v) is 13.3. The Morgan fingerprint density at radius 2 is 1.13 bits per heavy atom. The van der Waals surface area contributed by atoms with Gasteiger partial charge in [0, 0.05) is 44.6 Å². The maximum Gasteiger partial charge on any atom is 0.132 e. The van der Waals surface area contributed by atoms with Gasteiger partial charge in [0.2, 0.25) is 0 Å². The molecule has 0 saturated carbocycles. The molecule has 0 fully saturated rings. The molecule has 0 saturated heterocycles. The molecule has 7 aromatic rings. The van der Waals surface area contributed by atoms with Crippen LogP contribution in [0, 0.1) is 0 Å². The van der Waals surface area contributed by atoms with E-state index in [-0.39, 0.29) is 39.3 Å². The summed E-state index contributed by atoms with van der Waals surface area (Å²) in [4.78, 5) is 5.05. The van der Waals surface area contributed by atoms with E-state index < -0.39 is 7.92 Å². The first-order chi connectivity index (χ1) is 22.1. The first-order valence-electron chi connectivity index (χ1n) is 15.1. The van der Waals surface area contributed by atoms with Crippen molar-refractivity contribution in [2.45, 2.75) is 13.0 Å². The molecule has 7 rings (SSSR count). The summed E-state index contributed by atoms with van der Waals surface area (Å²) in [5.41, 5.74) is 2.98. The Morgan fingerprint density at radius 3 is 1.80 bits per heavy atom. The molecule has 0 amide bonds. The van der Waals surface area contributed by atoms with E-state index >= 15 is 0 Å². The van der Waals surface area contributed by atoms with Crippen LogP contribution in [0.5, 0.6) is 11.5 Å². The van der Waals surface area contributed by atoms with Crippen LogP contribution in [0.2, 0.25) is 0 Å². The normalized spacial score (nSPS) is 12.0. The van der Waals surface area contributed by atoms with Crippen LogP contribution in [0.3, 0.4) is 0 Å². The first-order valence-corrected chi connectivity index (χ1v) is 16.4. The van der Waals surface area contributed by atoms with Crippen LogP contribution in [0.1, 0.15) is 24.1 Å². The largest absolute Gasteiger partial charge is 0.507 e. The van der Waals surface area contributed by atoms with Crippen molar-refractivity contribution in [1.82, 2.24) is 0 Å². The number of aromatic hydroxyl groups is 2. The standard InChI is InChI=1S/C41H32NO2P.Ti/c1-28(34-20-12-13-23-38(34)45(32-16-4-2-5-17-32)33-18-6-3-7-19-33)42-27-31-26-30-15-9-11-22-36(30)40(41(31)44)39-35-21-10-8-14-29(35)24-25-37(39)43;/h2-28,43-44H,1H3;/t28-;/m0./s1. The summed E-state index contributed by atoms with van der Waals surface area (Å²) in [5, 5.41) is 30.5. The molecule has 0 spiro atoms. The summed E-state index contributed by atoms with van der Waals surface area (Å²) in [5.74, 6) is 0.223. The molecular weight excluding hydrogens is 617 g/mol. The zero-order valence-electron chi connectivity index (χ0n) is 25.4. The molecule has 0 aliphatic carbocycles. The van der Waals surface area contributed by atoms with Gasteiger partial charge < -0.3 is 10.2 Å². The fourth-order valence-corrected chi connectivity index (χ4v) is 8.68. The van der Waals surface area contributed by atoms with Crippen LogP contribution in [0.15, 0.2) is 157 Å². The maximum atomic E-state index is 11.8. The van der Waals surface area contributed by atoms with Crippen LogP contribution in [-0.2, 0) is 21.7 Å². The third-order valence-electron chi connectivity index (χ3n) is 8.30.